The van der Waals surface area contributed by atoms with Crippen molar-refractivity contribution < 1.29 is 9.21 Å². The monoisotopic (exact) mass is 285 g/mol. The van der Waals surface area contributed by atoms with Gasteiger partial charge >= 0.3 is 0 Å². The number of aromatic nitrogens is 1. The van der Waals surface area contributed by atoms with E-state index >= 15 is 0 Å². The Morgan fingerprint density at radius 3 is 2.70 bits per heavy atom. The van der Waals surface area contributed by atoms with Crippen molar-refractivity contribution in [1.82, 2.24) is 4.98 Å². The highest BCUT2D eigenvalue weighted by atomic mass is 35.5. The van der Waals surface area contributed by atoms with Crippen molar-refractivity contribution in [2.75, 3.05) is 0 Å². The van der Waals surface area contributed by atoms with Gasteiger partial charge in [-0.2, -0.15) is 0 Å². The molecule has 0 fully saturated rings. The number of aryl methyl sites for hydroxylation is 1. The van der Waals surface area contributed by atoms with Crippen LogP contribution in [-0.2, 0) is 6.42 Å². The van der Waals surface area contributed by atoms with Crippen molar-refractivity contribution in [3.05, 3.63) is 64.6 Å². The number of pyridine rings is 1. The van der Waals surface area contributed by atoms with E-state index in [1.54, 1.807) is 42.7 Å². The van der Waals surface area contributed by atoms with E-state index in [9.17, 15) is 4.79 Å². The number of fused-ring (bicyclic) bond motifs is 1. The van der Waals surface area contributed by atoms with Crippen LogP contribution in [0.3, 0.4) is 0 Å². The molecule has 0 amide bonds. The summed E-state index contributed by atoms with van der Waals surface area (Å²) in [5.74, 6) is 0.620. The summed E-state index contributed by atoms with van der Waals surface area (Å²) in [6.07, 6.45) is 3.86. The fourth-order valence-corrected chi connectivity index (χ4v) is 2.44. The molecule has 2 aromatic heterocycles. The zero-order chi connectivity index (χ0) is 14.1. The summed E-state index contributed by atoms with van der Waals surface area (Å²) < 4.78 is 5.75. The Morgan fingerprint density at radius 1 is 1.25 bits per heavy atom. The van der Waals surface area contributed by atoms with E-state index in [1.165, 1.54) is 0 Å². The summed E-state index contributed by atoms with van der Waals surface area (Å²) in [6, 6.07) is 8.72. The Balaban J connectivity index is 2.24. The van der Waals surface area contributed by atoms with Crippen LogP contribution >= 0.6 is 11.6 Å². The molecule has 0 atom stereocenters. The lowest BCUT2D eigenvalue weighted by Crippen LogP contribution is -2.03. The van der Waals surface area contributed by atoms with Crippen molar-refractivity contribution in [2.24, 2.45) is 0 Å². The summed E-state index contributed by atoms with van der Waals surface area (Å²) in [5.41, 5.74) is 1.87. The second-order valence-electron chi connectivity index (χ2n) is 4.46. The summed E-state index contributed by atoms with van der Waals surface area (Å²) in [4.78, 5) is 16.6. The van der Waals surface area contributed by atoms with Crippen molar-refractivity contribution in [2.45, 2.75) is 13.3 Å². The van der Waals surface area contributed by atoms with Gasteiger partial charge in [0.2, 0.25) is 0 Å². The Hall–Kier alpha value is -2.13. The molecule has 0 spiro atoms. The zero-order valence-electron chi connectivity index (χ0n) is 10.9. The molecule has 0 saturated carbocycles. The van der Waals surface area contributed by atoms with Gasteiger partial charge in [-0.3, -0.25) is 9.78 Å². The maximum absolute atomic E-state index is 12.7. The Kier molecular flexibility index (Phi) is 3.28. The average Bonchev–Trinajstić information content (AvgIpc) is 2.85. The van der Waals surface area contributed by atoms with Gasteiger partial charge in [-0.05, 0) is 30.3 Å². The summed E-state index contributed by atoms with van der Waals surface area (Å²) in [6.45, 7) is 1.96. The minimum Gasteiger partial charge on any atom is -0.460 e. The van der Waals surface area contributed by atoms with E-state index in [-0.39, 0.29) is 5.78 Å². The second-order valence-corrected chi connectivity index (χ2v) is 4.90. The lowest BCUT2D eigenvalue weighted by molar-refractivity contribution is 0.103. The van der Waals surface area contributed by atoms with Gasteiger partial charge in [0.1, 0.15) is 11.3 Å². The first-order chi connectivity index (χ1) is 9.70. The highest BCUT2D eigenvalue weighted by molar-refractivity contribution is 6.31. The summed E-state index contributed by atoms with van der Waals surface area (Å²) in [5, 5.41) is 1.35. The number of hydrogen-bond donors (Lipinski definition) is 0. The predicted octanol–water partition coefficient (Wildman–Crippen LogP) is 4.27. The molecule has 2 heterocycles. The number of furan rings is 1. The molecule has 100 valence electrons. The second kappa shape index (κ2) is 5.10. The van der Waals surface area contributed by atoms with E-state index in [1.807, 2.05) is 6.92 Å². The molecule has 0 radical (unpaired) electrons. The maximum Gasteiger partial charge on any atom is 0.197 e. The molecule has 0 unspecified atom stereocenters. The van der Waals surface area contributed by atoms with Crippen LogP contribution in [0.4, 0.5) is 0 Å². The van der Waals surface area contributed by atoms with Gasteiger partial charge in [-0.1, -0.05) is 18.5 Å². The number of carbonyl (C=O) groups is 1. The number of nitrogens with zero attached hydrogens (tertiary/aromatic N) is 1. The number of rotatable bonds is 3. The van der Waals surface area contributed by atoms with Gasteiger partial charge in [-0.15, -0.1) is 0 Å². The van der Waals surface area contributed by atoms with Crippen LogP contribution in [0.5, 0.6) is 0 Å². The summed E-state index contributed by atoms with van der Waals surface area (Å²) >= 11 is 6.03. The van der Waals surface area contributed by atoms with Crippen LogP contribution in [0.25, 0.3) is 11.0 Å². The minimum atomic E-state index is -0.0646. The van der Waals surface area contributed by atoms with Gasteiger partial charge in [0.05, 0.1) is 5.56 Å². The quantitative estimate of drug-likeness (QED) is 0.675. The van der Waals surface area contributed by atoms with E-state index in [0.717, 1.165) is 5.39 Å². The van der Waals surface area contributed by atoms with Gasteiger partial charge in [0.15, 0.2) is 5.78 Å². The molecule has 0 aliphatic rings. The van der Waals surface area contributed by atoms with Crippen LogP contribution in [0.1, 0.15) is 28.6 Å². The highest BCUT2D eigenvalue weighted by Gasteiger charge is 2.21. The lowest BCUT2D eigenvalue weighted by Gasteiger charge is -2.01. The molecule has 3 aromatic rings. The van der Waals surface area contributed by atoms with Crippen molar-refractivity contribution >= 4 is 28.4 Å². The Labute approximate surface area is 121 Å². The van der Waals surface area contributed by atoms with Crippen LogP contribution in [0, 0.1) is 0 Å². The first-order valence-electron chi connectivity index (χ1n) is 6.36. The number of hydrogen-bond acceptors (Lipinski definition) is 3. The molecule has 20 heavy (non-hydrogen) atoms. The number of carbonyl (C=O) groups excluding carboxylic acids is 1. The highest BCUT2D eigenvalue weighted by Crippen LogP contribution is 2.30. The van der Waals surface area contributed by atoms with Gasteiger partial charge in [0.25, 0.3) is 0 Å². The van der Waals surface area contributed by atoms with Crippen molar-refractivity contribution in [1.29, 1.82) is 0 Å². The average molecular weight is 286 g/mol. The van der Waals surface area contributed by atoms with E-state index in [2.05, 4.69) is 4.98 Å². The first-order valence-corrected chi connectivity index (χ1v) is 6.74. The van der Waals surface area contributed by atoms with Gasteiger partial charge in [0, 0.05) is 34.8 Å². The smallest absolute Gasteiger partial charge is 0.197 e. The molecular formula is C16H12ClNO2. The lowest BCUT2D eigenvalue weighted by atomic mass is 10.0. The molecule has 0 N–H and O–H groups in total. The Bertz CT molecular complexity index is 778. The summed E-state index contributed by atoms with van der Waals surface area (Å²) in [7, 11) is 0. The van der Waals surface area contributed by atoms with E-state index in [4.69, 9.17) is 16.0 Å². The minimum absolute atomic E-state index is 0.0646. The predicted molar refractivity (Wildman–Crippen MR) is 78.3 cm³/mol. The third-order valence-electron chi connectivity index (χ3n) is 3.21. The number of ketones is 1. The molecular weight excluding hydrogens is 274 g/mol. The van der Waals surface area contributed by atoms with E-state index < -0.39 is 0 Å². The van der Waals surface area contributed by atoms with Crippen LogP contribution in [0.15, 0.2) is 47.1 Å². The standard InChI is InChI=1S/C16H12ClNO2/c1-2-13-15(16(19)10-5-7-18-8-6-10)12-9-11(17)3-4-14(12)20-13/h3-9H,2H2,1H3. The Morgan fingerprint density at radius 2 is 2.00 bits per heavy atom. The topological polar surface area (TPSA) is 43.1 Å². The zero-order valence-corrected chi connectivity index (χ0v) is 11.6. The molecule has 3 rings (SSSR count). The SMILES string of the molecule is CCc1oc2ccc(Cl)cc2c1C(=O)c1ccncc1. The van der Waals surface area contributed by atoms with Crippen LogP contribution in [0.2, 0.25) is 5.02 Å². The van der Waals surface area contributed by atoms with Gasteiger partial charge < -0.3 is 4.42 Å². The molecule has 4 heteroatoms. The molecule has 0 aliphatic heterocycles. The van der Waals surface area contributed by atoms with Crippen molar-refractivity contribution in [3.63, 3.8) is 0 Å². The first kappa shape index (κ1) is 12.9. The van der Waals surface area contributed by atoms with Gasteiger partial charge in [-0.25, -0.2) is 0 Å². The van der Waals surface area contributed by atoms with Crippen LogP contribution < -0.4 is 0 Å². The largest absolute Gasteiger partial charge is 0.460 e. The number of benzene rings is 1. The van der Waals surface area contributed by atoms with E-state index in [0.29, 0.717) is 33.9 Å². The third-order valence-corrected chi connectivity index (χ3v) is 3.45. The van der Waals surface area contributed by atoms with Crippen molar-refractivity contribution in [3.8, 4) is 0 Å². The maximum atomic E-state index is 12.7. The third kappa shape index (κ3) is 2.10. The van der Waals surface area contributed by atoms with Crippen LogP contribution in [-0.4, -0.2) is 10.8 Å². The fourth-order valence-electron chi connectivity index (χ4n) is 2.27. The molecule has 0 bridgehead atoms. The molecule has 3 nitrogen and oxygen atoms in total. The molecule has 1 aromatic carbocycles. The number of halogens is 1. The molecule has 0 saturated heterocycles. The molecule has 0 aliphatic carbocycles. The normalized spacial score (nSPS) is 10.9. The fraction of sp³-hybridized carbons (Fsp3) is 0.125.